The Balaban J connectivity index is 1.67. The second-order valence-corrected chi connectivity index (χ2v) is 8.75. The zero-order valence-corrected chi connectivity index (χ0v) is 16.1. The van der Waals surface area contributed by atoms with Crippen LogP contribution in [0.25, 0.3) is 11.4 Å². The van der Waals surface area contributed by atoms with Gasteiger partial charge in [0, 0.05) is 6.42 Å². The molecule has 1 saturated carbocycles. The molecule has 0 amide bonds. The highest BCUT2D eigenvalue weighted by Crippen LogP contribution is 2.51. The van der Waals surface area contributed by atoms with Gasteiger partial charge in [-0.3, -0.25) is 4.98 Å². The molecule has 0 aromatic carbocycles. The number of fused-ring (bicyclic) bond motifs is 2. The summed E-state index contributed by atoms with van der Waals surface area (Å²) < 4.78 is 34.0. The molecule has 0 unspecified atom stereocenters. The number of rotatable bonds is 2. The van der Waals surface area contributed by atoms with Gasteiger partial charge in [0.15, 0.2) is 0 Å². The fourth-order valence-electron chi connectivity index (χ4n) is 3.80. The molecule has 27 heavy (non-hydrogen) atoms. The van der Waals surface area contributed by atoms with Crippen LogP contribution in [0.15, 0.2) is 18.3 Å². The summed E-state index contributed by atoms with van der Waals surface area (Å²) in [5.41, 5.74) is 1.04. The molecule has 1 aliphatic carbocycles. The molecule has 1 spiro atoms. The van der Waals surface area contributed by atoms with E-state index in [1.54, 1.807) is 6.07 Å². The normalized spacial score (nSPS) is 24.0. The fraction of sp³-hybridized carbons (Fsp3) is 0.579. The Labute approximate surface area is 158 Å². The molecule has 2 aromatic rings. The molecule has 0 atom stereocenters. The lowest BCUT2D eigenvalue weighted by atomic mass is 9.77. The number of pyridine rings is 1. The molecule has 1 saturated heterocycles. The quantitative estimate of drug-likeness (QED) is 0.760. The van der Waals surface area contributed by atoms with Crippen LogP contribution in [0.2, 0.25) is 0 Å². The zero-order chi connectivity index (χ0) is 19.0. The van der Waals surface area contributed by atoms with Crippen molar-refractivity contribution in [1.82, 2.24) is 14.8 Å². The van der Waals surface area contributed by atoms with Crippen molar-refractivity contribution >= 4 is 12.6 Å². The van der Waals surface area contributed by atoms with Crippen LogP contribution in [0.5, 0.6) is 5.88 Å². The van der Waals surface area contributed by atoms with Gasteiger partial charge in [0.2, 0.25) is 5.88 Å². The third-order valence-electron chi connectivity index (χ3n) is 6.42. The van der Waals surface area contributed by atoms with E-state index in [1.165, 1.54) is 12.3 Å². The average molecular weight is 371 g/mol. The zero-order valence-electron chi connectivity index (χ0n) is 16.1. The van der Waals surface area contributed by atoms with Gasteiger partial charge in [-0.25, -0.2) is 9.07 Å². The molecule has 0 radical (unpaired) electrons. The van der Waals surface area contributed by atoms with Crippen molar-refractivity contribution in [2.45, 2.75) is 63.7 Å². The number of hydrogen-bond acceptors (Lipinski definition) is 5. The largest absolute Gasteiger partial charge is 0.502 e. The Kier molecular flexibility index (Phi) is 3.39. The van der Waals surface area contributed by atoms with Gasteiger partial charge in [0.25, 0.3) is 0 Å². The molecular weight excluding hydrogens is 348 g/mol. The van der Waals surface area contributed by atoms with Gasteiger partial charge in [0.05, 0.1) is 40.7 Å². The maximum atomic E-state index is 13.4. The predicted octanol–water partition coefficient (Wildman–Crippen LogP) is 2.66. The van der Waals surface area contributed by atoms with E-state index in [4.69, 9.17) is 19.1 Å². The fourth-order valence-corrected chi connectivity index (χ4v) is 3.80. The van der Waals surface area contributed by atoms with Gasteiger partial charge in [-0.1, -0.05) is 0 Å². The topological polar surface area (TPSA) is 58.4 Å². The van der Waals surface area contributed by atoms with E-state index >= 15 is 0 Å². The molecule has 8 heteroatoms. The molecule has 3 aliphatic rings. The molecule has 0 bridgehead atoms. The maximum absolute atomic E-state index is 13.4. The van der Waals surface area contributed by atoms with Crippen LogP contribution in [0, 0.1) is 5.82 Å². The van der Waals surface area contributed by atoms with Crippen LogP contribution < -0.4 is 10.2 Å². The maximum Gasteiger partial charge on any atom is 0.502 e. The van der Waals surface area contributed by atoms with Gasteiger partial charge in [-0.15, -0.1) is 0 Å². The Hall–Kier alpha value is -1.93. The summed E-state index contributed by atoms with van der Waals surface area (Å²) in [7, 11) is -0.616. The first-order valence-electron chi connectivity index (χ1n) is 9.46. The monoisotopic (exact) mass is 371 g/mol. The molecule has 142 valence electrons. The van der Waals surface area contributed by atoms with E-state index in [1.807, 2.05) is 32.4 Å². The van der Waals surface area contributed by atoms with Crippen molar-refractivity contribution in [3.05, 3.63) is 24.1 Å². The first-order valence-corrected chi connectivity index (χ1v) is 9.46. The van der Waals surface area contributed by atoms with Crippen molar-refractivity contribution in [2.75, 3.05) is 6.61 Å². The number of hydrogen-bond donors (Lipinski definition) is 0. The van der Waals surface area contributed by atoms with E-state index in [9.17, 15) is 4.39 Å². The van der Waals surface area contributed by atoms with E-state index < -0.39 is 18.3 Å². The van der Waals surface area contributed by atoms with Crippen LogP contribution in [0.3, 0.4) is 0 Å². The third kappa shape index (κ3) is 2.46. The summed E-state index contributed by atoms with van der Waals surface area (Å²) in [5.74, 6) is 0.313. The molecule has 5 rings (SSSR count). The van der Waals surface area contributed by atoms with Crippen LogP contribution >= 0.6 is 0 Å². The number of aromatic nitrogens is 3. The summed E-state index contributed by atoms with van der Waals surface area (Å²) in [6.07, 6.45) is 4.32. The molecule has 2 aliphatic heterocycles. The summed E-state index contributed by atoms with van der Waals surface area (Å²) in [5, 5.41) is 4.85. The molecule has 2 aromatic heterocycles. The standard InChI is InChI=1S/C19H23BFN3O3/c1-17(2)18(3,4)27-20(26-17)14-15(13-6-5-12(21)11-22-13)23-24-16(14)25-10-9-19(24)7-8-19/h5-6,11H,7-10H2,1-4H3. The summed E-state index contributed by atoms with van der Waals surface area (Å²) in [4.78, 5) is 4.25. The van der Waals surface area contributed by atoms with E-state index in [2.05, 4.69) is 4.98 Å². The molecule has 4 heterocycles. The third-order valence-corrected chi connectivity index (χ3v) is 6.42. The van der Waals surface area contributed by atoms with Gasteiger partial charge < -0.3 is 14.0 Å². The number of halogens is 1. The Morgan fingerprint density at radius 1 is 1.07 bits per heavy atom. The summed E-state index contributed by atoms with van der Waals surface area (Å²) in [6.45, 7) is 8.71. The van der Waals surface area contributed by atoms with Gasteiger partial charge in [0.1, 0.15) is 11.5 Å². The number of ether oxygens (including phenoxy) is 1. The minimum Gasteiger partial charge on any atom is -0.478 e. The average Bonchev–Trinajstić information content (AvgIpc) is 3.18. The highest BCUT2D eigenvalue weighted by Gasteiger charge is 2.57. The Morgan fingerprint density at radius 2 is 1.78 bits per heavy atom. The van der Waals surface area contributed by atoms with Crippen molar-refractivity contribution in [3.8, 4) is 17.3 Å². The highest BCUT2D eigenvalue weighted by molar-refractivity contribution is 6.64. The van der Waals surface area contributed by atoms with E-state index in [0.29, 0.717) is 23.9 Å². The second kappa shape index (κ2) is 5.32. The van der Waals surface area contributed by atoms with Crippen molar-refractivity contribution in [2.24, 2.45) is 0 Å². The first kappa shape index (κ1) is 17.2. The smallest absolute Gasteiger partial charge is 0.478 e. The first-order chi connectivity index (χ1) is 12.7. The van der Waals surface area contributed by atoms with Crippen LogP contribution in [-0.2, 0) is 14.8 Å². The molecule has 0 N–H and O–H groups in total. The van der Waals surface area contributed by atoms with Crippen molar-refractivity contribution < 1.29 is 18.4 Å². The lowest BCUT2D eigenvalue weighted by Gasteiger charge is -2.32. The van der Waals surface area contributed by atoms with Crippen LogP contribution in [0.1, 0.15) is 47.0 Å². The van der Waals surface area contributed by atoms with E-state index in [0.717, 1.165) is 24.7 Å². The summed E-state index contributed by atoms with van der Waals surface area (Å²) in [6, 6.07) is 3.03. The van der Waals surface area contributed by atoms with Crippen molar-refractivity contribution in [3.63, 3.8) is 0 Å². The van der Waals surface area contributed by atoms with Gasteiger partial charge in [-0.2, -0.15) is 5.10 Å². The van der Waals surface area contributed by atoms with E-state index in [-0.39, 0.29) is 11.4 Å². The minimum absolute atomic E-state index is 0.0320. The summed E-state index contributed by atoms with van der Waals surface area (Å²) >= 11 is 0. The lowest BCUT2D eigenvalue weighted by Crippen LogP contribution is -2.41. The highest BCUT2D eigenvalue weighted by atomic mass is 19.1. The lowest BCUT2D eigenvalue weighted by molar-refractivity contribution is 0.00578. The van der Waals surface area contributed by atoms with Crippen LogP contribution in [0.4, 0.5) is 4.39 Å². The molecule has 2 fully saturated rings. The van der Waals surface area contributed by atoms with Crippen LogP contribution in [-0.4, -0.2) is 39.7 Å². The predicted molar refractivity (Wildman–Crippen MR) is 98.5 cm³/mol. The van der Waals surface area contributed by atoms with Gasteiger partial charge >= 0.3 is 7.12 Å². The molecule has 6 nitrogen and oxygen atoms in total. The van der Waals surface area contributed by atoms with Gasteiger partial charge in [-0.05, 0) is 52.7 Å². The Morgan fingerprint density at radius 3 is 2.37 bits per heavy atom. The number of nitrogens with zero attached hydrogens (tertiary/aromatic N) is 3. The molecular formula is C19H23BFN3O3. The van der Waals surface area contributed by atoms with Crippen molar-refractivity contribution in [1.29, 1.82) is 0 Å². The Bertz CT molecular complexity index is 890. The minimum atomic E-state index is -0.616. The SMILES string of the molecule is CC1(C)OB(c2c(-c3ccc(F)cn3)nn3c2OCCC32CC2)OC1(C)C. The second-order valence-electron chi connectivity index (χ2n) is 8.75.